The highest BCUT2D eigenvalue weighted by Gasteiger charge is 2.53. The van der Waals surface area contributed by atoms with Gasteiger partial charge in [0.05, 0.1) is 14.2 Å². The molecule has 2 atom stereocenters. The third kappa shape index (κ3) is 2.71. The lowest BCUT2D eigenvalue weighted by atomic mass is 9.65. The Morgan fingerprint density at radius 2 is 1.83 bits per heavy atom. The summed E-state index contributed by atoms with van der Waals surface area (Å²) in [6, 6.07) is 6.55. The molecule has 132 valence electrons. The summed E-state index contributed by atoms with van der Waals surface area (Å²) in [6.07, 6.45) is 3.37. The van der Waals surface area contributed by atoms with E-state index >= 15 is 0 Å². The van der Waals surface area contributed by atoms with Crippen LogP contribution in [0.2, 0.25) is 0 Å². The molecule has 1 aliphatic carbocycles. The van der Waals surface area contributed by atoms with Crippen molar-refractivity contribution in [1.29, 1.82) is 0 Å². The van der Waals surface area contributed by atoms with Crippen LogP contribution < -0.4 is 9.47 Å². The maximum Gasteiger partial charge on any atom is 0.161 e. The van der Waals surface area contributed by atoms with Gasteiger partial charge < -0.3 is 9.47 Å². The Morgan fingerprint density at radius 1 is 1.12 bits per heavy atom. The summed E-state index contributed by atoms with van der Waals surface area (Å²) in [6.45, 7) is 7.78. The second-order valence-electron chi connectivity index (χ2n) is 8.10. The number of carbonyl (C=O) groups excluding carboxylic acids is 1. The predicted octanol–water partition coefficient (Wildman–Crippen LogP) is 3.57. The van der Waals surface area contributed by atoms with Gasteiger partial charge in [0.25, 0.3) is 0 Å². The fourth-order valence-electron chi connectivity index (χ4n) is 4.65. The van der Waals surface area contributed by atoms with Gasteiger partial charge in [-0.2, -0.15) is 0 Å². The largest absolute Gasteiger partial charge is 0.493 e. The first kappa shape index (κ1) is 17.3. The molecule has 2 unspecified atom stereocenters. The van der Waals surface area contributed by atoms with E-state index in [2.05, 4.69) is 37.8 Å². The minimum Gasteiger partial charge on any atom is -0.493 e. The summed E-state index contributed by atoms with van der Waals surface area (Å²) < 4.78 is 10.9. The van der Waals surface area contributed by atoms with Gasteiger partial charge in [-0.15, -0.1) is 0 Å². The third-order valence-electron chi connectivity index (χ3n) is 5.90. The van der Waals surface area contributed by atoms with Crippen LogP contribution in [-0.2, 0) is 10.2 Å². The molecular weight excluding hydrogens is 302 g/mol. The fourth-order valence-corrected chi connectivity index (χ4v) is 4.65. The quantitative estimate of drug-likeness (QED) is 0.849. The van der Waals surface area contributed by atoms with Gasteiger partial charge in [-0.25, -0.2) is 0 Å². The Morgan fingerprint density at radius 3 is 2.46 bits per heavy atom. The number of hydrogen-bond donors (Lipinski definition) is 0. The van der Waals surface area contributed by atoms with Crippen molar-refractivity contribution < 1.29 is 14.3 Å². The van der Waals surface area contributed by atoms with E-state index in [-0.39, 0.29) is 17.0 Å². The molecule has 4 heteroatoms. The van der Waals surface area contributed by atoms with Gasteiger partial charge in [0, 0.05) is 29.8 Å². The summed E-state index contributed by atoms with van der Waals surface area (Å²) in [4.78, 5) is 14.7. The molecule has 1 saturated heterocycles. The molecule has 0 radical (unpaired) electrons. The van der Waals surface area contributed by atoms with E-state index in [4.69, 9.17) is 9.47 Å². The first-order chi connectivity index (χ1) is 11.3. The van der Waals surface area contributed by atoms with E-state index in [1.165, 1.54) is 5.56 Å². The van der Waals surface area contributed by atoms with Gasteiger partial charge in [-0.05, 0) is 57.9 Å². The molecule has 0 amide bonds. The number of likely N-dealkylation sites (tertiary alicyclic amines) is 1. The van der Waals surface area contributed by atoms with E-state index in [0.29, 0.717) is 18.6 Å². The summed E-state index contributed by atoms with van der Waals surface area (Å²) in [5.41, 5.74) is 1.39. The van der Waals surface area contributed by atoms with Gasteiger partial charge in [-0.1, -0.05) is 6.07 Å². The Bertz CT molecular complexity index is 634. The summed E-state index contributed by atoms with van der Waals surface area (Å²) >= 11 is 0. The number of rotatable bonds is 3. The van der Waals surface area contributed by atoms with Crippen LogP contribution in [0.1, 0.15) is 52.0 Å². The highest BCUT2D eigenvalue weighted by Crippen LogP contribution is 2.51. The number of hydrogen-bond acceptors (Lipinski definition) is 4. The lowest BCUT2D eigenvalue weighted by molar-refractivity contribution is -0.123. The summed E-state index contributed by atoms with van der Waals surface area (Å²) in [7, 11) is 3.34. The zero-order valence-corrected chi connectivity index (χ0v) is 15.5. The normalized spacial score (nSPS) is 27.9. The molecule has 0 aromatic heterocycles. The standard InChI is InChI=1S/C20H29NO3/c1-19(2,3)21-11-10-20(9-8-15(22)13-18(20)21)14-6-7-16(23-4)17(12-14)24-5/h6-7,12,18H,8-11,13H2,1-5H3. The maximum absolute atomic E-state index is 12.2. The van der Waals surface area contributed by atoms with Crippen LogP contribution in [0.3, 0.4) is 0 Å². The molecular formula is C20H29NO3. The first-order valence-corrected chi connectivity index (χ1v) is 8.83. The molecule has 24 heavy (non-hydrogen) atoms. The Kier molecular flexibility index (Phi) is 4.37. The van der Waals surface area contributed by atoms with Crippen LogP contribution in [0.4, 0.5) is 0 Å². The molecule has 4 nitrogen and oxygen atoms in total. The monoisotopic (exact) mass is 331 g/mol. The average Bonchev–Trinajstić information content (AvgIpc) is 2.94. The fraction of sp³-hybridized carbons (Fsp3) is 0.650. The minimum absolute atomic E-state index is 0.0424. The molecule has 1 aromatic rings. The van der Waals surface area contributed by atoms with Crippen LogP contribution in [0.5, 0.6) is 11.5 Å². The molecule has 0 N–H and O–H groups in total. The van der Waals surface area contributed by atoms with Crippen molar-refractivity contribution in [2.75, 3.05) is 20.8 Å². The van der Waals surface area contributed by atoms with Crippen LogP contribution >= 0.6 is 0 Å². The number of ether oxygens (including phenoxy) is 2. The second kappa shape index (κ2) is 6.07. The maximum atomic E-state index is 12.2. The number of nitrogens with zero attached hydrogens (tertiary/aromatic N) is 1. The van der Waals surface area contributed by atoms with E-state index in [0.717, 1.165) is 30.9 Å². The van der Waals surface area contributed by atoms with Gasteiger partial charge in [0.2, 0.25) is 0 Å². The van der Waals surface area contributed by atoms with E-state index in [1.807, 2.05) is 6.07 Å². The molecule has 1 heterocycles. The van der Waals surface area contributed by atoms with E-state index in [1.54, 1.807) is 14.2 Å². The van der Waals surface area contributed by atoms with Gasteiger partial charge in [0.15, 0.2) is 11.5 Å². The van der Waals surface area contributed by atoms with Crippen molar-refractivity contribution in [3.05, 3.63) is 23.8 Å². The SMILES string of the molecule is COc1ccc(C23CCC(=O)CC2N(C(C)(C)C)CC3)cc1OC. The van der Waals surface area contributed by atoms with Crippen LogP contribution in [0.25, 0.3) is 0 Å². The second-order valence-corrected chi connectivity index (χ2v) is 8.10. The van der Waals surface area contributed by atoms with Crippen molar-refractivity contribution in [2.45, 2.75) is 63.5 Å². The third-order valence-corrected chi connectivity index (χ3v) is 5.90. The smallest absolute Gasteiger partial charge is 0.161 e. The molecule has 2 fully saturated rings. The molecule has 1 saturated carbocycles. The van der Waals surface area contributed by atoms with Crippen molar-refractivity contribution in [1.82, 2.24) is 4.90 Å². The molecule has 1 aliphatic heterocycles. The number of carbonyl (C=O) groups is 1. The van der Waals surface area contributed by atoms with Gasteiger partial charge >= 0.3 is 0 Å². The number of methoxy groups -OCH3 is 2. The topological polar surface area (TPSA) is 38.8 Å². The summed E-state index contributed by atoms with van der Waals surface area (Å²) in [5.74, 6) is 1.92. The lowest BCUT2D eigenvalue weighted by Crippen LogP contribution is -2.53. The molecule has 1 aromatic carbocycles. The first-order valence-electron chi connectivity index (χ1n) is 8.83. The molecule has 2 aliphatic rings. The Hall–Kier alpha value is -1.55. The van der Waals surface area contributed by atoms with Crippen molar-refractivity contribution in [2.24, 2.45) is 0 Å². The number of fused-ring (bicyclic) bond motifs is 1. The average molecular weight is 331 g/mol. The Balaban J connectivity index is 2.05. The van der Waals surface area contributed by atoms with Crippen LogP contribution in [-0.4, -0.2) is 43.0 Å². The number of ketones is 1. The molecule has 3 rings (SSSR count). The molecule has 0 spiro atoms. The number of benzene rings is 1. The number of Topliss-reactive ketones (excluding diaryl/α,β-unsaturated/α-hetero) is 1. The van der Waals surface area contributed by atoms with Crippen molar-refractivity contribution >= 4 is 5.78 Å². The van der Waals surface area contributed by atoms with E-state index < -0.39 is 0 Å². The van der Waals surface area contributed by atoms with Crippen LogP contribution in [0, 0.1) is 0 Å². The lowest BCUT2D eigenvalue weighted by Gasteiger charge is -2.46. The van der Waals surface area contributed by atoms with Crippen LogP contribution in [0.15, 0.2) is 18.2 Å². The zero-order valence-electron chi connectivity index (χ0n) is 15.5. The highest BCUT2D eigenvalue weighted by molar-refractivity contribution is 5.81. The Labute approximate surface area is 145 Å². The predicted molar refractivity (Wildman–Crippen MR) is 94.9 cm³/mol. The van der Waals surface area contributed by atoms with Crippen molar-refractivity contribution in [3.63, 3.8) is 0 Å². The zero-order chi connectivity index (χ0) is 17.5. The van der Waals surface area contributed by atoms with Gasteiger partial charge in [-0.3, -0.25) is 9.69 Å². The highest BCUT2D eigenvalue weighted by atomic mass is 16.5. The molecule has 0 bridgehead atoms. The van der Waals surface area contributed by atoms with Crippen molar-refractivity contribution in [3.8, 4) is 11.5 Å². The van der Waals surface area contributed by atoms with E-state index in [9.17, 15) is 4.79 Å². The van der Waals surface area contributed by atoms with Gasteiger partial charge in [0.1, 0.15) is 5.78 Å². The minimum atomic E-state index is 0.0424. The summed E-state index contributed by atoms with van der Waals surface area (Å²) in [5, 5.41) is 0.